The van der Waals surface area contributed by atoms with E-state index in [4.69, 9.17) is 4.74 Å². The molecule has 3 nitrogen and oxygen atoms in total. The Labute approximate surface area is 133 Å². The van der Waals surface area contributed by atoms with Gasteiger partial charge in [0.25, 0.3) is 0 Å². The van der Waals surface area contributed by atoms with Crippen LogP contribution in [0.3, 0.4) is 0 Å². The molecular weight excluding hydrogens is 294 g/mol. The topological polar surface area (TPSA) is 39.2 Å². The van der Waals surface area contributed by atoms with Crippen LogP contribution in [0.5, 0.6) is 0 Å². The molecule has 3 aromatic rings. The molecule has 0 saturated carbocycles. The first-order valence-electron chi connectivity index (χ1n) is 7.14. The van der Waals surface area contributed by atoms with Crippen molar-refractivity contribution in [2.45, 2.75) is 25.9 Å². The number of aromatic nitrogens is 1. The first-order valence-corrected chi connectivity index (χ1v) is 7.96. The Morgan fingerprint density at radius 3 is 2.50 bits per heavy atom. The molecule has 0 spiro atoms. The third-order valence-electron chi connectivity index (χ3n) is 3.67. The molecule has 0 bridgehead atoms. The number of rotatable bonds is 4. The van der Waals surface area contributed by atoms with Gasteiger partial charge in [0.15, 0.2) is 0 Å². The lowest BCUT2D eigenvalue weighted by Gasteiger charge is -2.22. The highest BCUT2D eigenvalue weighted by molar-refractivity contribution is 7.18. The van der Waals surface area contributed by atoms with Crippen LogP contribution in [0, 0.1) is 0 Å². The first-order chi connectivity index (χ1) is 10.6. The van der Waals surface area contributed by atoms with Gasteiger partial charge in [0.2, 0.25) is 0 Å². The van der Waals surface area contributed by atoms with Crippen molar-refractivity contribution in [2.75, 3.05) is 0 Å². The maximum atomic E-state index is 12.4. The molecule has 0 aliphatic rings. The lowest BCUT2D eigenvalue weighted by molar-refractivity contribution is -0.150. The summed E-state index contributed by atoms with van der Waals surface area (Å²) in [6, 6.07) is 17.6. The molecule has 112 valence electrons. The summed E-state index contributed by atoms with van der Waals surface area (Å²) in [6.45, 7) is 3.97. The van der Waals surface area contributed by atoms with Crippen molar-refractivity contribution < 1.29 is 9.53 Å². The average molecular weight is 311 g/mol. The highest BCUT2D eigenvalue weighted by Crippen LogP contribution is 2.26. The van der Waals surface area contributed by atoms with E-state index in [0.29, 0.717) is 0 Å². The number of ether oxygens (including phenoxy) is 1. The number of para-hydroxylation sites is 1. The van der Waals surface area contributed by atoms with Crippen molar-refractivity contribution in [3.05, 3.63) is 65.2 Å². The second-order valence-electron chi connectivity index (χ2n) is 5.64. The van der Waals surface area contributed by atoms with Crippen LogP contribution in [0.2, 0.25) is 0 Å². The molecule has 0 amide bonds. The summed E-state index contributed by atoms with van der Waals surface area (Å²) in [5.74, 6) is -0.238. The monoisotopic (exact) mass is 311 g/mol. The molecule has 3 rings (SSSR count). The third-order valence-corrected chi connectivity index (χ3v) is 4.68. The number of hydrogen-bond donors (Lipinski definition) is 0. The van der Waals surface area contributed by atoms with Gasteiger partial charge in [0.1, 0.15) is 11.6 Å². The van der Waals surface area contributed by atoms with Crippen LogP contribution in [0.25, 0.3) is 10.2 Å². The Hall–Kier alpha value is -2.20. The Balaban J connectivity index is 1.71. The normalized spacial score (nSPS) is 11.5. The zero-order valence-corrected chi connectivity index (χ0v) is 13.4. The molecule has 0 fully saturated rings. The van der Waals surface area contributed by atoms with Crippen molar-refractivity contribution in [2.24, 2.45) is 0 Å². The number of hydrogen-bond acceptors (Lipinski definition) is 4. The lowest BCUT2D eigenvalue weighted by atomic mass is 9.85. The summed E-state index contributed by atoms with van der Waals surface area (Å²) >= 11 is 1.56. The van der Waals surface area contributed by atoms with E-state index >= 15 is 0 Å². The second-order valence-corrected chi connectivity index (χ2v) is 6.76. The van der Waals surface area contributed by atoms with Gasteiger partial charge < -0.3 is 4.74 Å². The minimum absolute atomic E-state index is 0.217. The van der Waals surface area contributed by atoms with Gasteiger partial charge in [-0.2, -0.15) is 0 Å². The predicted octanol–water partition coefficient (Wildman–Crippen LogP) is 4.32. The maximum Gasteiger partial charge on any atom is 0.316 e. The molecule has 1 heterocycles. The third kappa shape index (κ3) is 2.88. The van der Waals surface area contributed by atoms with Gasteiger partial charge in [-0.15, -0.1) is 11.3 Å². The summed E-state index contributed by atoms with van der Waals surface area (Å²) in [5, 5.41) is 0.818. The fourth-order valence-corrected chi connectivity index (χ4v) is 3.14. The quantitative estimate of drug-likeness (QED) is 0.674. The molecule has 0 radical (unpaired) electrons. The average Bonchev–Trinajstić information content (AvgIpc) is 2.96. The van der Waals surface area contributed by atoms with Gasteiger partial charge in [0, 0.05) is 0 Å². The van der Waals surface area contributed by atoms with Crippen LogP contribution in [0.4, 0.5) is 0 Å². The van der Waals surface area contributed by atoms with Crippen LogP contribution in [0.15, 0.2) is 54.6 Å². The summed E-state index contributed by atoms with van der Waals surface area (Å²) in [4.78, 5) is 16.9. The van der Waals surface area contributed by atoms with Crippen LogP contribution in [0.1, 0.15) is 24.4 Å². The zero-order chi connectivity index (χ0) is 15.6. The van der Waals surface area contributed by atoms with Crippen LogP contribution >= 0.6 is 11.3 Å². The number of carbonyl (C=O) groups excluding carboxylic acids is 1. The largest absolute Gasteiger partial charge is 0.458 e. The van der Waals surface area contributed by atoms with E-state index in [1.165, 1.54) is 0 Å². The fraction of sp³-hybridized carbons (Fsp3) is 0.222. The van der Waals surface area contributed by atoms with Gasteiger partial charge in [-0.3, -0.25) is 4.79 Å². The second kappa shape index (κ2) is 5.89. The SMILES string of the molecule is CC(C)(C(=O)OCc1nc2ccccc2s1)c1ccccc1. The van der Waals surface area contributed by atoms with E-state index in [9.17, 15) is 4.79 Å². The molecule has 2 aromatic carbocycles. The van der Waals surface area contributed by atoms with Gasteiger partial charge in [-0.1, -0.05) is 42.5 Å². The Kier molecular flexibility index (Phi) is 3.94. The molecule has 0 N–H and O–H groups in total. The highest BCUT2D eigenvalue weighted by Gasteiger charge is 2.31. The number of fused-ring (bicyclic) bond motifs is 1. The smallest absolute Gasteiger partial charge is 0.316 e. The summed E-state index contributed by atoms with van der Waals surface area (Å²) in [6.07, 6.45) is 0. The van der Waals surface area contributed by atoms with E-state index in [1.807, 2.05) is 68.4 Å². The van der Waals surface area contributed by atoms with E-state index in [0.717, 1.165) is 20.8 Å². The molecule has 0 aliphatic carbocycles. The molecule has 0 aliphatic heterocycles. The standard InChI is InChI=1S/C18H17NO2S/c1-18(2,13-8-4-3-5-9-13)17(20)21-12-16-19-14-10-6-7-11-15(14)22-16/h3-11H,12H2,1-2H3. The van der Waals surface area contributed by atoms with Crippen LogP contribution in [-0.4, -0.2) is 11.0 Å². The highest BCUT2D eigenvalue weighted by atomic mass is 32.1. The van der Waals surface area contributed by atoms with Gasteiger partial charge in [0.05, 0.1) is 15.6 Å². The van der Waals surface area contributed by atoms with Crippen LogP contribution in [-0.2, 0) is 21.6 Å². The van der Waals surface area contributed by atoms with Gasteiger partial charge in [-0.05, 0) is 31.5 Å². The van der Waals surface area contributed by atoms with Crippen molar-refractivity contribution >= 4 is 27.5 Å². The Morgan fingerprint density at radius 1 is 1.09 bits per heavy atom. The van der Waals surface area contributed by atoms with E-state index in [1.54, 1.807) is 11.3 Å². The van der Waals surface area contributed by atoms with Crippen molar-refractivity contribution in [1.82, 2.24) is 4.98 Å². The number of benzene rings is 2. The molecule has 0 atom stereocenters. The minimum Gasteiger partial charge on any atom is -0.458 e. The van der Waals surface area contributed by atoms with Crippen molar-refractivity contribution in [1.29, 1.82) is 0 Å². The maximum absolute atomic E-state index is 12.4. The van der Waals surface area contributed by atoms with Gasteiger partial charge in [-0.25, -0.2) is 4.98 Å². The summed E-state index contributed by atoms with van der Waals surface area (Å²) in [7, 11) is 0. The van der Waals surface area contributed by atoms with Crippen molar-refractivity contribution in [3.63, 3.8) is 0 Å². The number of carbonyl (C=O) groups is 1. The predicted molar refractivity (Wildman–Crippen MR) is 88.9 cm³/mol. The molecule has 0 unspecified atom stereocenters. The first kappa shape index (κ1) is 14.7. The minimum atomic E-state index is -0.669. The summed E-state index contributed by atoms with van der Waals surface area (Å²) in [5.41, 5.74) is 1.22. The van der Waals surface area contributed by atoms with E-state index in [2.05, 4.69) is 4.98 Å². The Bertz CT molecular complexity index is 760. The Morgan fingerprint density at radius 2 is 1.77 bits per heavy atom. The number of esters is 1. The number of nitrogens with zero attached hydrogens (tertiary/aromatic N) is 1. The van der Waals surface area contributed by atoms with E-state index < -0.39 is 5.41 Å². The molecule has 0 saturated heterocycles. The van der Waals surface area contributed by atoms with Crippen molar-refractivity contribution in [3.8, 4) is 0 Å². The molecule has 1 aromatic heterocycles. The lowest BCUT2D eigenvalue weighted by Crippen LogP contribution is -2.30. The molecule has 22 heavy (non-hydrogen) atoms. The number of thiazole rings is 1. The van der Waals surface area contributed by atoms with Gasteiger partial charge >= 0.3 is 5.97 Å². The molecular formula is C18H17NO2S. The van der Waals surface area contributed by atoms with E-state index in [-0.39, 0.29) is 12.6 Å². The molecule has 4 heteroatoms. The fourth-order valence-electron chi connectivity index (χ4n) is 2.26. The summed E-state index contributed by atoms with van der Waals surface area (Å²) < 4.78 is 6.59. The zero-order valence-electron chi connectivity index (χ0n) is 12.6. The van der Waals surface area contributed by atoms with Crippen LogP contribution < -0.4 is 0 Å².